The average Bonchev–Trinajstić information content (AvgIpc) is 2.56. The fourth-order valence-electron chi connectivity index (χ4n) is 2.10. The van der Waals surface area contributed by atoms with Gasteiger partial charge in [-0.25, -0.2) is 8.42 Å². The van der Waals surface area contributed by atoms with Crippen molar-refractivity contribution in [2.24, 2.45) is 0 Å². The van der Waals surface area contributed by atoms with Crippen LogP contribution in [0.1, 0.15) is 6.42 Å². The van der Waals surface area contributed by atoms with Gasteiger partial charge in [-0.15, -0.1) is 0 Å². The molecule has 0 aliphatic carbocycles. The lowest BCUT2D eigenvalue weighted by molar-refractivity contribution is 0.187. The number of likely N-dealkylation sites (N-methyl/N-ethyl adjacent to an activating group) is 1. The maximum Gasteiger partial charge on any atom is 0.216 e. The van der Waals surface area contributed by atoms with Gasteiger partial charge < -0.3 is 14.7 Å². The number of aliphatic hydroxyl groups is 1. The van der Waals surface area contributed by atoms with E-state index in [1.54, 1.807) is 0 Å². The molecule has 0 saturated carbocycles. The Bertz CT molecular complexity index is 331. The largest absolute Gasteiger partial charge is 0.392 e. The van der Waals surface area contributed by atoms with Gasteiger partial charge in [-0.3, -0.25) is 0 Å². The molecule has 0 aromatic rings. The number of methoxy groups -OCH3 is 1. The molecule has 1 fully saturated rings. The van der Waals surface area contributed by atoms with Gasteiger partial charge in [-0.2, -0.15) is 4.31 Å². The van der Waals surface area contributed by atoms with Crippen molar-refractivity contribution in [2.75, 3.05) is 46.7 Å². The van der Waals surface area contributed by atoms with Crippen molar-refractivity contribution >= 4 is 10.0 Å². The van der Waals surface area contributed by atoms with Gasteiger partial charge in [-0.1, -0.05) is 0 Å². The molecule has 1 rings (SSSR count). The van der Waals surface area contributed by atoms with Gasteiger partial charge in [0.05, 0.1) is 18.5 Å². The highest BCUT2D eigenvalue weighted by Crippen LogP contribution is 2.22. The Kier molecular flexibility index (Phi) is 5.33. The predicted octanol–water partition coefficient (Wildman–Crippen LogP) is -1.04. The highest BCUT2D eigenvalue weighted by molar-refractivity contribution is 7.89. The van der Waals surface area contributed by atoms with Crippen LogP contribution in [0.15, 0.2) is 0 Å². The Morgan fingerprint density at radius 2 is 2.12 bits per heavy atom. The Morgan fingerprint density at radius 3 is 2.65 bits per heavy atom. The van der Waals surface area contributed by atoms with E-state index in [1.807, 2.05) is 19.0 Å². The van der Waals surface area contributed by atoms with E-state index in [-0.39, 0.29) is 24.9 Å². The molecule has 1 aliphatic rings. The van der Waals surface area contributed by atoms with Crippen LogP contribution in [0.3, 0.4) is 0 Å². The second kappa shape index (κ2) is 6.10. The van der Waals surface area contributed by atoms with Crippen LogP contribution in [0, 0.1) is 0 Å². The van der Waals surface area contributed by atoms with E-state index < -0.39 is 16.1 Å². The van der Waals surface area contributed by atoms with Gasteiger partial charge in [0, 0.05) is 26.2 Å². The molecule has 0 aromatic carbocycles. The van der Waals surface area contributed by atoms with E-state index in [0.717, 1.165) is 0 Å². The standard InChI is InChI=1S/C10H22N2O4S/c1-11(2)7-9-6-10(13)8-12(9)17(14,15)5-4-16-3/h9-10,13H,4-8H2,1-3H3. The van der Waals surface area contributed by atoms with Crippen LogP contribution in [-0.2, 0) is 14.8 Å². The van der Waals surface area contributed by atoms with Crippen LogP contribution in [0.5, 0.6) is 0 Å². The van der Waals surface area contributed by atoms with Crippen LogP contribution in [-0.4, -0.2) is 81.5 Å². The van der Waals surface area contributed by atoms with Gasteiger partial charge in [0.2, 0.25) is 10.0 Å². The van der Waals surface area contributed by atoms with E-state index in [1.165, 1.54) is 11.4 Å². The zero-order valence-corrected chi connectivity index (χ0v) is 11.5. The first-order chi connectivity index (χ1) is 7.86. The SMILES string of the molecule is COCCS(=O)(=O)N1CC(O)CC1CN(C)C. The van der Waals surface area contributed by atoms with Crippen molar-refractivity contribution in [2.45, 2.75) is 18.6 Å². The molecule has 1 N–H and O–H groups in total. The number of hydrogen-bond acceptors (Lipinski definition) is 5. The third kappa shape index (κ3) is 4.18. The zero-order valence-electron chi connectivity index (χ0n) is 10.7. The van der Waals surface area contributed by atoms with E-state index >= 15 is 0 Å². The molecule has 0 spiro atoms. The third-order valence-corrected chi connectivity index (χ3v) is 4.67. The summed E-state index contributed by atoms with van der Waals surface area (Å²) in [7, 11) is 1.94. The van der Waals surface area contributed by atoms with Gasteiger partial charge >= 0.3 is 0 Å². The van der Waals surface area contributed by atoms with Crippen LogP contribution < -0.4 is 0 Å². The lowest BCUT2D eigenvalue weighted by atomic mass is 10.2. The van der Waals surface area contributed by atoms with E-state index in [2.05, 4.69) is 0 Å². The van der Waals surface area contributed by atoms with Gasteiger partial charge in [-0.05, 0) is 20.5 Å². The molecule has 6 nitrogen and oxygen atoms in total. The number of β-amino-alcohol motifs (C(OH)–C–C–N with tert-alkyl or cyclic N) is 1. The quantitative estimate of drug-likeness (QED) is 0.665. The van der Waals surface area contributed by atoms with Crippen molar-refractivity contribution in [1.29, 1.82) is 0 Å². The number of hydrogen-bond donors (Lipinski definition) is 1. The third-order valence-electron chi connectivity index (χ3n) is 2.82. The normalized spacial score (nSPS) is 26.9. The lowest BCUT2D eigenvalue weighted by Gasteiger charge is -2.25. The Morgan fingerprint density at radius 1 is 1.47 bits per heavy atom. The highest BCUT2D eigenvalue weighted by Gasteiger charge is 2.38. The fourth-order valence-corrected chi connectivity index (χ4v) is 3.71. The van der Waals surface area contributed by atoms with Crippen molar-refractivity contribution < 1.29 is 18.3 Å². The molecule has 102 valence electrons. The second-order valence-corrected chi connectivity index (χ2v) is 6.73. The molecule has 0 radical (unpaired) electrons. The summed E-state index contributed by atoms with van der Waals surface area (Å²) in [6.07, 6.45) is -0.0537. The summed E-state index contributed by atoms with van der Waals surface area (Å²) in [4.78, 5) is 1.93. The van der Waals surface area contributed by atoms with E-state index in [9.17, 15) is 13.5 Å². The first-order valence-corrected chi connectivity index (χ1v) is 7.29. The van der Waals surface area contributed by atoms with Gasteiger partial charge in [0.1, 0.15) is 0 Å². The molecule has 1 saturated heterocycles. The van der Waals surface area contributed by atoms with Gasteiger partial charge in [0.15, 0.2) is 0 Å². The van der Waals surface area contributed by atoms with Crippen molar-refractivity contribution in [1.82, 2.24) is 9.21 Å². The zero-order chi connectivity index (χ0) is 13.1. The Balaban J connectivity index is 2.72. The summed E-state index contributed by atoms with van der Waals surface area (Å²) >= 11 is 0. The molecule has 17 heavy (non-hydrogen) atoms. The van der Waals surface area contributed by atoms with E-state index in [0.29, 0.717) is 13.0 Å². The average molecular weight is 266 g/mol. The highest BCUT2D eigenvalue weighted by atomic mass is 32.2. The molecule has 2 unspecified atom stereocenters. The molecule has 7 heteroatoms. The van der Waals surface area contributed by atoms with Crippen LogP contribution in [0.4, 0.5) is 0 Å². The monoisotopic (exact) mass is 266 g/mol. The molecule has 0 amide bonds. The summed E-state index contributed by atoms with van der Waals surface area (Å²) < 4.78 is 30.3. The minimum absolute atomic E-state index is 0.0276. The van der Waals surface area contributed by atoms with Gasteiger partial charge in [0.25, 0.3) is 0 Å². The molecule has 0 bridgehead atoms. The maximum absolute atomic E-state index is 12.0. The first kappa shape index (κ1) is 14.8. The number of ether oxygens (including phenoxy) is 1. The predicted molar refractivity (Wildman–Crippen MR) is 65.3 cm³/mol. The fraction of sp³-hybridized carbons (Fsp3) is 1.00. The minimum Gasteiger partial charge on any atom is -0.392 e. The summed E-state index contributed by atoms with van der Waals surface area (Å²) in [5.74, 6) is -0.0276. The molecule has 1 aliphatic heterocycles. The van der Waals surface area contributed by atoms with Crippen molar-refractivity contribution in [3.63, 3.8) is 0 Å². The summed E-state index contributed by atoms with van der Waals surface area (Å²) in [6.45, 7) is 1.01. The Hall–Kier alpha value is -0.210. The smallest absolute Gasteiger partial charge is 0.216 e. The molecule has 0 aromatic heterocycles. The number of nitrogens with zero attached hydrogens (tertiary/aromatic N) is 2. The minimum atomic E-state index is -3.33. The molecule has 2 atom stereocenters. The first-order valence-electron chi connectivity index (χ1n) is 5.68. The van der Waals surface area contributed by atoms with Crippen LogP contribution in [0.25, 0.3) is 0 Å². The Labute approximate surface area is 103 Å². The second-order valence-electron chi connectivity index (χ2n) is 4.68. The van der Waals surface area contributed by atoms with E-state index in [4.69, 9.17) is 4.74 Å². The molecular weight excluding hydrogens is 244 g/mol. The number of aliphatic hydroxyl groups excluding tert-OH is 1. The van der Waals surface area contributed by atoms with Crippen LogP contribution >= 0.6 is 0 Å². The summed E-state index contributed by atoms with van der Waals surface area (Å²) in [6, 6.07) is -0.137. The molecular formula is C10H22N2O4S. The molecule has 1 heterocycles. The number of sulfonamides is 1. The van der Waals surface area contributed by atoms with Crippen molar-refractivity contribution in [3.05, 3.63) is 0 Å². The van der Waals surface area contributed by atoms with Crippen LogP contribution in [0.2, 0.25) is 0 Å². The summed E-state index contributed by atoms with van der Waals surface area (Å²) in [5.41, 5.74) is 0. The maximum atomic E-state index is 12.0. The number of rotatable bonds is 6. The topological polar surface area (TPSA) is 70.1 Å². The van der Waals surface area contributed by atoms with Crippen molar-refractivity contribution in [3.8, 4) is 0 Å². The summed E-state index contributed by atoms with van der Waals surface area (Å²) in [5, 5.41) is 9.62. The lowest BCUT2D eigenvalue weighted by Crippen LogP contribution is -2.43.